The van der Waals surface area contributed by atoms with Gasteiger partial charge in [0, 0.05) is 25.7 Å². The largest absolute Gasteiger partial charge is 0.308 e. The van der Waals surface area contributed by atoms with Gasteiger partial charge in [-0.25, -0.2) is 12.8 Å². The Morgan fingerprint density at radius 2 is 2.00 bits per heavy atom. The molecule has 1 saturated heterocycles. The van der Waals surface area contributed by atoms with Crippen molar-refractivity contribution in [1.29, 1.82) is 0 Å². The lowest BCUT2D eigenvalue weighted by Gasteiger charge is -2.30. The van der Waals surface area contributed by atoms with Gasteiger partial charge in [-0.15, -0.1) is 0 Å². The fourth-order valence-corrected chi connectivity index (χ4v) is 4.74. The highest BCUT2D eigenvalue weighted by atomic mass is 32.2. The summed E-state index contributed by atoms with van der Waals surface area (Å²) in [6, 6.07) is 4.40. The highest BCUT2D eigenvalue weighted by molar-refractivity contribution is 7.89. The molecule has 1 heterocycles. The standard InChI is InChI=1S/C18H30FN3O2S/c1-5-21-10-6-7-16(21)14-22(12-11-20(3)4)25(23,24)17-9-8-15(2)18(19)13-17/h8-9,13,16H,5-7,10-12,14H2,1-4H3. The van der Waals surface area contributed by atoms with Gasteiger partial charge in [0.25, 0.3) is 0 Å². The van der Waals surface area contributed by atoms with Gasteiger partial charge in [0.1, 0.15) is 5.82 Å². The molecule has 0 spiro atoms. The van der Waals surface area contributed by atoms with E-state index in [0.717, 1.165) is 32.0 Å². The Labute approximate surface area is 151 Å². The van der Waals surface area contributed by atoms with Crippen molar-refractivity contribution in [3.05, 3.63) is 29.6 Å². The van der Waals surface area contributed by atoms with Crippen molar-refractivity contribution < 1.29 is 12.8 Å². The maximum absolute atomic E-state index is 13.9. The van der Waals surface area contributed by atoms with Crippen LogP contribution < -0.4 is 0 Å². The molecular formula is C18H30FN3O2S. The Hall–Kier alpha value is -1.02. The third-order valence-corrected chi connectivity index (χ3v) is 6.76. The monoisotopic (exact) mass is 371 g/mol. The van der Waals surface area contributed by atoms with E-state index in [1.165, 1.54) is 16.4 Å². The summed E-state index contributed by atoms with van der Waals surface area (Å²) in [5, 5.41) is 0. The lowest BCUT2D eigenvalue weighted by molar-refractivity contribution is 0.220. The van der Waals surface area contributed by atoms with E-state index in [4.69, 9.17) is 0 Å². The van der Waals surface area contributed by atoms with Crippen LogP contribution in [-0.2, 0) is 10.0 Å². The number of rotatable bonds is 8. The van der Waals surface area contributed by atoms with Crippen LogP contribution in [0.15, 0.2) is 23.1 Å². The summed E-state index contributed by atoms with van der Waals surface area (Å²) in [6.45, 7) is 7.16. The van der Waals surface area contributed by atoms with Gasteiger partial charge in [0.2, 0.25) is 10.0 Å². The number of likely N-dealkylation sites (tertiary alicyclic amines) is 1. The first-order valence-electron chi connectivity index (χ1n) is 8.90. The van der Waals surface area contributed by atoms with Gasteiger partial charge in [0.05, 0.1) is 4.90 Å². The van der Waals surface area contributed by atoms with Crippen LogP contribution in [0.3, 0.4) is 0 Å². The Morgan fingerprint density at radius 3 is 2.60 bits per heavy atom. The normalized spacial score (nSPS) is 19.2. The quantitative estimate of drug-likeness (QED) is 0.703. The highest BCUT2D eigenvalue weighted by Crippen LogP contribution is 2.23. The first-order valence-corrected chi connectivity index (χ1v) is 10.3. The highest BCUT2D eigenvalue weighted by Gasteiger charge is 2.31. The zero-order chi connectivity index (χ0) is 18.6. The second-order valence-electron chi connectivity index (χ2n) is 7.00. The third-order valence-electron chi connectivity index (χ3n) is 4.90. The van der Waals surface area contributed by atoms with E-state index in [1.807, 2.05) is 19.0 Å². The Kier molecular flexibility index (Phi) is 6.96. The summed E-state index contributed by atoms with van der Waals surface area (Å²) < 4.78 is 41.7. The molecule has 0 N–H and O–H groups in total. The van der Waals surface area contributed by atoms with E-state index in [9.17, 15) is 12.8 Å². The van der Waals surface area contributed by atoms with Crippen molar-refractivity contribution in [2.75, 3.05) is 46.8 Å². The summed E-state index contributed by atoms with van der Waals surface area (Å²) in [6.07, 6.45) is 2.10. The van der Waals surface area contributed by atoms with E-state index >= 15 is 0 Å². The van der Waals surface area contributed by atoms with Crippen LogP contribution in [0, 0.1) is 12.7 Å². The van der Waals surface area contributed by atoms with Crippen molar-refractivity contribution in [1.82, 2.24) is 14.1 Å². The molecule has 1 aromatic carbocycles. The molecular weight excluding hydrogens is 341 g/mol. The summed E-state index contributed by atoms with van der Waals surface area (Å²) in [5.74, 6) is -0.482. The zero-order valence-electron chi connectivity index (χ0n) is 15.7. The van der Waals surface area contributed by atoms with Gasteiger partial charge in [-0.1, -0.05) is 13.0 Å². The molecule has 25 heavy (non-hydrogen) atoms. The predicted molar refractivity (Wildman–Crippen MR) is 98.7 cm³/mol. The average Bonchev–Trinajstić information content (AvgIpc) is 3.00. The van der Waals surface area contributed by atoms with Crippen molar-refractivity contribution in [2.45, 2.75) is 37.6 Å². The predicted octanol–water partition coefficient (Wildman–Crippen LogP) is 2.17. The maximum Gasteiger partial charge on any atom is 0.243 e. The zero-order valence-corrected chi connectivity index (χ0v) is 16.5. The summed E-state index contributed by atoms with van der Waals surface area (Å²) >= 11 is 0. The first-order chi connectivity index (χ1) is 11.8. The smallest absolute Gasteiger partial charge is 0.243 e. The van der Waals surface area contributed by atoms with E-state index in [0.29, 0.717) is 25.2 Å². The van der Waals surface area contributed by atoms with Crippen LogP contribution >= 0.6 is 0 Å². The molecule has 0 bridgehead atoms. The van der Waals surface area contributed by atoms with Gasteiger partial charge < -0.3 is 4.90 Å². The minimum atomic E-state index is -3.72. The minimum absolute atomic E-state index is 0.0374. The SMILES string of the molecule is CCN1CCCC1CN(CCN(C)C)S(=O)(=O)c1ccc(C)c(F)c1. The van der Waals surface area contributed by atoms with Crippen LogP contribution in [0.1, 0.15) is 25.3 Å². The molecule has 142 valence electrons. The van der Waals surface area contributed by atoms with E-state index in [-0.39, 0.29) is 10.9 Å². The molecule has 0 radical (unpaired) electrons. The van der Waals surface area contributed by atoms with Gasteiger partial charge in [-0.05, 0) is 64.6 Å². The molecule has 2 rings (SSSR count). The van der Waals surface area contributed by atoms with Crippen LogP contribution in [0.2, 0.25) is 0 Å². The number of nitrogens with zero attached hydrogens (tertiary/aromatic N) is 3. The average molecular weight is 372 g/mol. The number of aryl methyl sites for hydroxylation is 1. The molecule has 5 nitrogen and oxygen atoms in total. The van der Waals surface area contributed by atoms with Gasteiger partial charge in [0.15, 0.2) is 0 Å². The Balaban J connectivity index is 2.27. The van der Waals surface area contributed by atoms with Crippen molar-refractivity contribution in [3.8, 4) is 0 Å². The molecule has 1 aliphatic heterocycles. The van der Waals surface area contributed by atoms with E-state index < -0.39 is 15.8 Å². The number of hydrogen-bond donors (Lipinski definition) is 0. The molecule has 1 aromatic rings. The fraction of sp³-hybridized carbons (Fsp3) is 0.667. The van der Waals surface area contributed by atoms with Gasteiger partial charge >= 0.3 is 0 Å². The molecule has 1 unspecified atom stereocenters. The first kappa shape index (κ1) is 20.3. The van der Waals surface area contributed by atoms with Gasteiger partial charge in [-0.3, -0.25) is 4.90 Å². The number of sulfonamides is 1. The molecule has 0 aliphatic carbocycles. The topological polar surface area (TPSA) is 43.9 Å². The summed E-state index contributed by atoms with van der Waals surface area (Å²) in [5.41, 5.74) is 0.451. The second-order valence-corrected chi connectivity index (χ2v) is 8.94. The lowest BCUT2D eigenvalue weighted by atomic mass is 10.2. The minimum Gasteiger partial charge on any atom is -0.308 e. The molecule has 1 aliphatic rings. The molecule has 7 heteroatoms. The molecule has 0 amide bonds. The Morgan fingerprint density at radius 1 is 1.28 bits per heavy atom. The molecule has 1 atom stereocenters. The van der Waals surface area contributed by atoms with Crippen LogP contribution in [-0.4, -0.2) is 75.4 Å². The number of likely N-dealkylation sites (N-methyl/N-ethyl adjacent to an activating group) is 2. The van der Waals surface area contributed by atoms with Gasteiger partial charge in [-0.2, -0.15) is 4.31 Å². The number of halogens is 1. The maximum atomic E-state index is 13.9. The van der Waals surface area contributed by atoms with E-state index in [1.54, 1.807) is 6.92 Å². The second kappa shape index (κ2) is 8.58. The van der Waals surface area contributed by atoms with Crippen molar-refractivity contribution >= 4 is 10.0 Å². The Bertz CT molecular complexity index is 679. The van der Waals surface area contributed by atoms with Crippen molar-refractivity contribution in [3.63, 3.8) is 0 Å². The van der Waals surface area contributed by atoms with Crippen LogP contribution in [0.25, 0.3) is 0 Å². The van der Waals surface area contributed by atoms with Crippen LogP contribution in [0.4, 0.5) is 4.39 Å². The van der Waals surface area contributed by atoms with Crippen molar-refractivity contribution in [2.24, 2.45) is 0 Å². The fourth-order valence-electron chi connectivity index (χ4n) is 3.26. The van der Waals surface area contributed by atoms with Crippen LogP contribution in [0.5, 0.6) is 0 Å². The number of benzene rings is 1. The molecule has 0 aromatic heterocycles. The lowest BCUT2D eigenvalue weighted by Crippen LogP contribution is -2.45. The third kappa shape index (κ3) is 5.00. The summed E-state index contributed by atoms with van der Waals surface area (Å²) in [4.78, 5) is 4.33. The summed E-state index contributed by atoms with van der Waals surface area (Å²) in [7, 11) is 0.127. The molecule has 0 saturated carbocycles. The number of hydrogen-bond acceptors (Lipinski definition) is 4. The van der Waals surface area contributed by atoms with E-state index in [2.05, 4.69) is 11.8 Å². The molecule has 1 fully saturated rings.